The number of aromatic carboxylic acids is 1. The third-order valence-electron chi connectivity index (χ3n) is 4.84. The lowest BCUT2D eigenvalue weighted by atomic mass is 9.84. The Kier molecular flexibility index (Phi) is 4.24. The van der Waals surface area contributed by atoms with Gasteiger partial charge in [0.2, 0.25) is 0 Å². The molecule has 1 unspecified atom stereocenters. The molecule has 0 amide bonds. The van der Waals surface area contributed by atoms with Crippen molar-refractivity contribution in [2.75, 3.05) is 0 Å². The Balaban J connectivity index is 1.92. The second-order valence-electron chi connectivity index (χ2n) is 6.39. The van der Waals surface area contributed by atoms with E-state index in [-0.39, 0.29) is 12.0 Å². The monoisotopic (exact) mass is 376 g/mol. The van der Waals surface area contributed by atoms with Crippen LogP contribution in [0.15, 0.2) is 71.6 Å². The summed E-state index contributed by atoms with van der Waals surface area (Å²) in [5.74, 6) is -2.04. The lowest BCUT2D eigenvalue weighted by Crippen LogP contribution is -2.34. The number of carboxylic acids is 2. The van der Waals surface area contributed by atoms with Crippen LogP contribution >= 0.6 is 11.8 Å². The Morgan fingerprint density at radius 3 is 2.44 bits per heavy atom. The van der Waals surface area contributed by atoms with E-state index in [1.165, 1.54) is 17.8 Å². The third kappa shape index (κ3) is 2.80. The van der Waals surface area contributed by atoms with Gasteiger partial charge in [-0.2, -0.15) is 0 Å². The molecule has 134 valence electrons. The van der Waals surface area contributed by atoms with Gasteiger partial charge in [0.05, 0.1) is 5.56 Å². The minimum absolute atomic E-state index is 0.118. The van der Waals surface area contributed by atoms with Crippen LogP contribution in [0.4, 0.5) is 0 Å². The summed E-state index contributed by atoms with van der Waals surface area (Å²) >= 11 is 1.27. The van der Waals surface area contributed by atoms with E-state index in [9.17, 15) is 19.8 Å². The molecule has 1 aliphatic carbocycles. The van der Waals surface area contributed by atoms with Crippen LogP contribution < -0.4 is 0 Å². The fraction of sp³-hybridized carbons (Fsp3) is 0.0909. The average molecular weight is 376 g/mol. The number of thioether (sulfide) groups is 1. The zero-order chi connectivity index (χ0) is 19.0. The predicted octanol–water partition coefficient (Wildman–Crippen LogP) is 5.03. The molecule has 0 saturated carbocycles. The molecule has 0 aliphatic heterocycles. The van der Waals surface area contributed by atoms with Gasteiger partial charge in [0, 0.05) is 4.90 Å². The van der Waals surface area contributed by atoms with Crippen LogP contribution in [-0.2, 0) is 9.54 Å². The number of rotatable bonds is 4. The van der Waals surface area contributed by atoms with Gasteiger partial charge in [-0.1, -0.05) is 60.7 Å². The van der Waals surface area contributed by atoms with Gasteiger partial charge in [0.1, 0.15) is 4.75 Å². The first-order valence-electron chi connectivity index (χ1n) is 8.46. The summed E-state index contributed by atoms with van der Waals surface area (Å²) in [6.45, 7) is 0. The first-order valence-corrected chi connectivity index (χ1v) is 9.28. The molecular formula is C22H16O4S. The SMILES string of the molecule is O=C(O)c1cccc2c1C=CCC2(Sc1cccc2ccccc12)C(=O)O. The molecule has 4 nitrogen and oxygen atoms in total. The third-order valence-corrected chi connectivity index (χ3v) is 6.33. The zero-order valence-electron chi connectivity index (χ0n) is 14.3. The number of carboxylic acid groups (broad SMARTS) is 2. The highest BCUT2D eigenvalue weighted by atomic mass is 32.2. The highest BCUT2D eigenvalue weighted by Crippen LogP contribution is 2.50. The number of hydrogen-bond acceptors (Lipinski definition) is 3. The van der Waals surface area contributed by atoms with Crippen LogP contribution in [0.1, 0.15) is 27.9 Å². The van der Waals surface area contributed by atoms with E-state index >= 15 is 0 Å². The number of benzene rings is 3. The minimum atomic E-state index is -1.28. The molecule has 2 N–H and O–H groups in total. The van der Waals surface area contributed by atoms with Crippen molar-refractivity contribution in [1.29, 1.82) is 0 Å². The van der Waals surface area contributed by atoms with E-state index in [1.807, 2.05) is 42.5 Å². The fourth-order valence-corrected chi connectivity index (χ4v) is 4.92. The standard InChI is InChI=1S/C22H16O4S/c23-20(24)17-9-4-11-18-16(17)10-5-13-22(18,21(25)26)27-19-12-3-7-14-6-1-2-8-15(14)19/h1-12H,13H2,(H,23,24)(H,25,26). The Morgan fingerprint density at radius 1 is 0.926 bits per heavy atom. The molecule has 27 heavy (non-hydrogen) atoms. The molecule has 0 heterocycles. The molecule has 0 bridgehead atoms. The molecular weight excluding hydrogens is 360 g/mol. The normalized spacial score (nSPS) is 18.2. The smallest absolute Gasteiger partial charge is 0.336 e. The first-order chi connectivity index (χ1) is 13.0. The maximum Gasteiger partial charge on any atom is 0.336 e. The van der Waals surface area contributed by atoms with Crippen molar-refractivity contribution in [3.8, 4) is 0 Å². The summed E-state index contributed by atoms with van der Waals surface area (Å²) in [5, 5.41) is 21.7. The van der Waals surface area contributed by atoms with Gasteiger partial charge >= 0.3 is 11.9 Å². The van der Waals surface area contributed by atoms with E-state index in [2.05, 4.69) is 0 Å². The Labute approximate surface area is 160 Å². The Hall–Kier alpha value is -3.05. The second-order valence-corrected chi connectivity index (χ2v) is 7.73. The van der Waals surface area contributed by atoms with Crippen molar-refractivity contribution in [3.63, 3.8) is 0 Å². The summed E-state index contributed by atoms with van der Waals surface area (Å²) in [4.78, 5) is 24.9. The summed E-state index contributed by atoms with van der Waals surface area (Å²) < 4.78 is -1.28. The van der Waals surface area contributed by atoms with Crippen LogP contribution in [0.25, 0.3) is 16.8 Å². The first kappa shape index (κ1) is 17.4. The van der Waals surface area contributed by atoms with Gasteiger partial charge in [-0.15, -0.1) is 11.8 Å². The van der Waals surface area contributed by atoms with Gasteiger partial charge in [-0.05, 0) is 40.5 Å². The zero-order valence-corrected chi connectivity index (χ0v) is 15.1. The van der Waals surface area contributed by atoms with Crippen molar-refractivity contribution >= 4 is 40.5 Å². The second kappa shape index (κ2) is 6.59. The highest BCUT2D eigenvalue weighted by molar-refractivity contribution is 8.01. The summed E-state index contributed by atoms with van der Waals surface area (Å²) in [5.41, 5.74) is 1.11. The van der Waals surface area contributed by atoms with Gasteiger partial charge in [0.15, 0.2) is 0 Å². The number of allylic oxidation sites excluding steroid dienone is 1. The maximum absolute atomic E-state index is 12.5. The number of hydrogen-bond donors (Lipinski definition) is 2. The van der Waals surface area contributed by atoms with E-state index in [0.717, 1.165) is 15.7 Å². The maximum atomic E-state index is 12.5. The van der Waals surface area contributed by atoms with E-state index < -0.39 is 16.7 Å². The molecule has 0 saturated heterocycles. The lowest BCUT2D eigenvalue weighted by Gasteiger charge is -2.33. The molecule has 1 atom stereocenters. The van der Waals surface area contributed by atoms with E-state index in [4.69, 9.17) is 0 Å². The molecule has 0 radical (unpaired) electrons. The lowest BCUT2D eigenvalue weighted by molar-refractivity contribution is -0.140. The van der Waals surface area contributed by atoms with Crippen molar-refractivity contribution in [2.24, 2.45) is 0 Å². The quantitative estimate of drug-likeness (QED) is 0.668. The van der Waals surface area contributed by atoms with Gasteiger partial charge in [-0.3, -0.25) is 4.79 Å². The van der Waals surface area contributed by atoms with Crippen molar-refractivity contribution in [3.05, 3.63) is 83.4 Å². The molecule has 3 aromatic rings. The summed E-state index contributed by atoms with van der Waals surface area (Å²) in [6, 6.07) is 18.5. The predicted molar refractivity (Wildman–Crippen MR) is 106 cm³/mol. The average Bonchev–Trinajstić information content (AvgIpc) is 2.67. The summed E-state index contributed by atoms with van der Waals surface area (Å²) in [7, 11) is 0. The highest BCUT2D eigenvalue weighted by Gasteiger charge is 2.44. The van der Waals surface area contributed by atoms with E-state index in [0.29, 0.717) is 11.1 Å². The molecule has 3 aromatic carbocycles. The van der Waals surface area contributed by atoms with Gasteiger partial charge < -0.3 is 10.2 Å². The van der Waals surface area contributed by atoms with Crippen LogP contribution in [0.3, 0.4) is 0 Å². The van der Waals surface area contributed by atoms with Gasteiger partial charge in [-0.25, -0.2) is 4.79 Å². The van der Waals surface area contributed by atoms with Crippen molar-refractivity contribution < 1.29 is 19.8 Å². The van der Waals surface area contributed by atoms with Crippen LogP contribution in [-0.4, -0.2) is 22.2 Å². The number of carbonyl (C=O) groups is 2. The van der Waals surface area contributed by atoms with Crippen LogP contribution in [0.2, 0.25) is 0 Å². The summed E-state index contributed by atoms with van der Waals surface area (Å²) in [6.07, 6.45) is 3.75. The number of aliphatic carboxylic acids is 1. The van der Waals surface area contributed by atoms with E-state index in [1.54, 1.807) is 24.3 Å². The molecule has 0 aromatic heterocycles. The fourth-order valence-electron chi connectivity index (χ4n) is 3.55. The largest absolute Gasteiger partial charge is 0.480 e. The molecule has 0 fully saturated rings. The minimum Gasteiger partial charge on any atom is -0.480 e. The van der Waals surface area contributed by atoms with Crippen LogP contribution in [0, 0.1) is 0 Å². The molecule has 0 spiro atoms. The molecule has 1 aliphatic rings. The van der Waals surface area contributed by atoms with Gasteiger partial charge in [0.25, 0.3) is 0 Å². The van der Waals surface area contributed by atoms with Crippen LogP contribution in [0.5, 0.6) is 0 Å². The Bertz CT molecular complexity index is 1100. The van der Waals surface area contributed by atoms with Crippen molar-refractivity contribution in [1.82, 2.24) is 0 Å². The van der Waals surface area contributed by atoms with Crippen molar-refractivity contribution in [2.45, 2.75) is 16.1 Å². The molecule has 5 heteroatoms. The Morgan fingerprint density at radius 2 is 1.67 bits per heavy atom. The number of fused-ring (bicyclic) bond motifs is 2. The topological polar surface area (TPSA) is 74.6 Å². The molecule has 4 rings (SSSR count).